The Morgan fingerprint density at radius 2 is 2.04 bits per heavy atom. The molecule has 1 aromatic heterocycles. The minimum Gasteiger partial charge on any atom is -0.507 e. The van der Waals surface area contributed by atoms with E-state index in [0.29, 0.717) is 23.6 Å². The third kappa shape index (κ3) is 4.12. The van der Waals surface area contributed by atoms with Crippen LogP contribution in [0.1, 0.15) is 47.4 Å². The molecule has 1 heterocycles. The Labute approximate surface area is 135 Å². The van der Waals surface area contributed by atoms with Crippen LogP contribution < -0.4 is 16.8 Å². The molecule has 0 saturated heterocycles. The Kier molecular flexibility index (Phi) is 5.05. The van der Waals surface area contributed by atoms with Crippen LogP contribution in [0.25, 0.3) is 0 Å². The van der Waals surface area contributed by atoms with Gasteiger partial charge in [-0.3, -0.25) is 4.79 Å². The maximum absolute atomic E-state index is 12.5. The fraction of sp³-hybridized carbons (Fsp3) is 0.294. The fourth-order valence-electron chi connectivity index (χ4n) is 2.45. The summed E-state index contributed by atoms with van der Waals surface area (Å²) >= 11 is 0. The Bertz CT molecular complexity index is 695. The fourth-order valence-corrected chi connectivity index (χ4v) is 2.45. The number of hydrogen-bond donors (Lipinski definition) is 4. The number of aromatic hydroxyl groups is 1. The molecule has 0 aliphatic carbocycles. The van der Waals surface area contributed by atoms with Gasteiger partial charge in [0.1, 0.15) is 11.6 Å². The number of nitrogens with one attached hydrogen (secondary N) is 1. The summed E-state index contributed by atoms with van der Waals surface area (Å²) in [4.78, 5) is 16.8. The summed E-state index contributed by atoms with van der Waals surface area (Å²) < 4.78 is 0. The zero-order valence-corrected chi connectivity index (χ0v) is 13.3. The Morgan fingerprint density at radius 3 is 2.70 bits per heavy atom. The van der Waals surface area contributed by atoms with Crippen LogP contribution in [-0.4, -0.2) is 16.0 Å². The molecule has 0 fully saturated rings. The predicted molar refractivity (Wildman–Crippen MR) is 91.0 cm³/mol. The number of anilines is 2. The summed E-state index contributed by atoms with van der Waals surface area (Å²) in [6, 6.07) is 7.79. The van der Waals surface area contributed by atoms with Crippen LogP contribution >= 0.6 is 0 Å². The number of nitrogens with two attached hydrogens (primary N) is 2. The molecule has 6 heteroatoms. The first-order valence-corrected chi connectivity index (χ1v) is 7.54. The van der Waals surface area contributed by atoms with E-state index in [1.165, 1.54) is 12.1 Å². The lowest BCUT2D eigenvalue weighted by molar-refractivity contribution is 0.0931. The second-order valence-corrected chi connectivity index (χ2v) is 5.59. The van der Waals surface area contributed by atoms with E-state index >= 15 is 0 Å². The van der Waals surface area contributed by atoms with Crippen molar-refractivity contribution in [2.45, 2.75) is 32.7 Å². The second kappa shape index (κ2) is 7.00. The molecule has 122 valence electrons. The summed E-state index contributed by atoms with van der Waals surface area (Å²) in [5, 5.41) is 12.8. The number of nitrogens with zero attached hydrogens (tertiary/aromatic N) is 1. The number of carbonyl (C=O) groups is 1. The number of hydrogen-bond acceptors (Lipinski definition) is 5. The molecule has 23 heavy (non-hydrogen) atoms. The highest BCUT2D eigenvalue weighted by atomic mass is 16.3. The van der Waals surface area contributed by atoms with Gasteiger partial charge in [0.15, 0.2) is 0 Å². The van der Waals surface area contributed by atoms with Crippen LogP contribution in [0.5, 0.6) is 5.75 Å². The summed E-state index contributed by atoms with van der Waals surface area (Å²) in [5.41, 5.74) is 13.7. The van der Waals surface area contributed by atoms with E-state index < -0.39 is 5.91 Å². The van der Waals surface area contributed by atoms with Gasteiger partial charge >= 0.3 is 0 Å². The zero-order valence-electron chi connectivity index (χ0n) is 13.3. The van der Waals surface area contributed by atoms with Crippen LogP contribution in [0.3, 0.4) is 0 Å². The third-order valence-electron chi connectivity index (χ3n) is 3.51. The highest BCUT2D eigenvalue weighted by Crippen LogP contribution is 2.23. The molecule has 0 saturated carbocycles. The summed E-state index contributed by atoms with van der Waals surface area (Å²) in [6.07, 6.45) is 1.58. The van der Waals surface area contributed by atoms with Crippen LogP contribution in [0.4, 0.5) is 11.5 Å². The van der Waals surface area contributed by atoms with Gasteiger partial charge in [0.05, 0.1) is 17.3 Å². The van der Waals surface area contributed by atoms with Crippen LogP contribution in [0.15, 0.2) is 30.3 Å². The van der Waals surface area contributed by atoms with Crippen molar-refractivity contribution < 1.29 is 9.90 Å². The number of aromatic nitrogens is 1. The van der Waals surface area contributed by atoms with Crippen molar-refractivity contribution in [3.63, 3.8) is 0 Å². The molecule has 1 aromatic carbocycles. The maximum atomic E-state index is 12.5. The minimum absolute atomic E-state index is 0.108. The Balaban J connectivity index is 2.28. The number of carbonyl (C=O) groups excluding carboxylic acids is 1. The molecule has 2 aromatic rings. The van der Waals surface area contributed by atoms with Crippen molar-refractivity contribution in [1.82, 2.24) is 10.3 Å². The molecule has 0 spiro atoms. The average molecular weight is 314 g/mol. The number of phenols is 1. The number of aryl methyl sites for hydroxylation is 1. The topological polar surface area (TPSA) is 114 Å². The summed E-state index contributed by atoms with van der Waals surface area (Å²) in [5.74, 6) is -0.0825. The van der Waals surface area contributed by atoms with Gasteiger partial charge < -0.3 is 21.9 Å². The van der Waals surface area contributed by atoms with Crippen molar-refractivity contribution in [2.75, 3.05) is 11.5 Å². The molecule has 0 aliphatic heterocycles. The predicted octanol–water partition coefficient (Wildman–Crippen LogP) is 2.53. The second-order valence-electron chi connectivity index (χ2n) is 5.59. The van der Waals surface area contributed by atoms with Crippen molar-refractivity contribution in [3.8, 4) is 5.75 Å². The number of phenolic OH excluding ortho intramolecular Hbond substituents is 1. The number of benzene rings is 1. The summed E-state index contributed by atoms with van der Waals surface area (Å²) in [6.45, 7) is 3.95. The first kappa shape index (κ1) is 16.6. The van der Waals surface area contributed by atoms with E-state index in [-0.39, 0.29) is 17.4 Å². The van der Waals surface area contributed by atoms with Crippen molar-refractivity contribution in [1.29, 1.82) is 0 Å². The zero-order chi connectivity index (χ0) is 17.0. The molecule has 1 atom stereocenters. The average Bonchev–Trinajstić information content (AvgIpc) is 2.48. The van der Waals surface area contributed by atoms with Gasteiger partial charge in [0.25, 0.3) is 5.91 Å². The van der Waals surface area contributed by atoms with Crippen molar-refractivity contribution >= 4 is 17.4 Å². The van der Waals surface area contributed by atoms with Gasteiger partial charge in [-0.05, 0) is 49.2 Å². The van der Waals surface area contributed by atoms with Crippen LogP contribution in [0.2, 0.25) is 0 Å². The van der Waals surface area contributed by atoms with E-state index in [9.17, 15) is 9.90 Å². The lowest BCUT2D eigenvalue weighted by Crippen LogP contribution is -2.29. The smallest absolute Gasteiger partial charge is 0.255 e. The molecule has 0 radical (unpaired) electrons. The highest BCUT2D eigenvalue weighted by Gasteiger charge is 2.19. The minimum atomic E-state index is -0.393. The number of nitrogen functional groups attached to an aromatic ring is 2. The molecule has 0 aliphatic rings. The van der Waals surface area contributed by atoms with E-state index in [1.54, 1.807) is 12.1 Å². The van der Waals surface area contributed by atoms with Crippen molar-refractivity contribution in [3.05, 3.63) is 47.2 Å². The molecule has 0 bridgehead atoms. The largest absolute Gasteiger partial charge is 0.507 e. The molecule has 6 nitrogen and oxygen atoms in total. The van der Waals surface area contributed by atoms with Gasteiger partial charge in [-0.15, -0.1) is 0 Å². The van der Waals surface area contributed by atoms with Crippen molar-refractivity contribution in [2.24, 2.45) is 0 Å². The Morgan fingerprint density at radius 1 is 1.30 bits per heavy atom. The number of rotatable bonds is 5. The highest BCUT2D eigenvalue weighted by molar-refractivity contribution is 5.97. The van der Waals surface area contributed by atoms with Gasteiger partial charge in [0.2, 0.25) is 0 Å². The molecular formula is C17H22N4O2. The van der Waals surface area contributed by atoms with E-state index in [2.05, 4.69) is 10.3 Å². The van der Waals surface area contributed by atoms with E-state index in [1.807, 2.05) is 19.9 Å². The Hall–Kier alpha value is -2.76. The molecular weight excluding hydrogens is 292 g/mol. The number of pyridine rings is 1. The van der Waals surface area contributed by atoms with Gasteiger partial charge in [-0.2, -0.15) is 0 Å². The quantitative estimate of drug-likeness (QED) is 0.500. The monoisotopic (exact) mass is 314 g/mol. The van der Waals surface area contributed by atoms with Crippen LogP contribution in [-0.2, 0) is 0 Å². The van der Waals surface area contributed by atoms with Gasteiger partial charge in [-0.1, -0.05) is 13.3 Å². The molecule has 6 N–H and O–H groups in total. The SMILES string of the molecule is CCCC(NC(=O)c1cc(N)ccc1O)c1cc(C)cc(N)n1. The van der Waals surface area contributed by atoms with Gasteiger partial charge in [0, 0.05) is 5.69 Å². The molecule has 1 unspecified atom stereocenters. The lowest BCUT2D eigenvalue weighted by atomic mass is 10.0. The summed E-state index contributed by atoms with van der Waals surface area (Å²) in [7, 11) is 0. The maximum Gasteiger partial charge on any atom is 0.255 e. The molecule has 1 amide bonds. The van der Waals surface area contributed by atoms with E-state index in [4.69, 9.17) is 11.5 Å². The van der Waals surface area contributed by atoms with E-state index in [0.717, 1.165) is 12.0 Å². The number of amides is 1. The standard InChI is InChI=1S/C17H22N4O2/c1-3-4-13(14-7-10(2)8-16(19)20-14)21-17(23)12-9-11(18)5-6-15(12)22/h5-9,13,22H,3-4,18H2,1-2H3,(H2,19,20)(H,21,23). The normalized spacial score (nSPS) is 11.9. The molecule has 2 rings (SSSR count). The van der Waals surface area contributed by atoms with Crippen LogP contribution in [0, 0.1) is 6.92 Å². The van der Waals surface area contributed by atoms with Gasteiger partial charge in [-0.25, -0.2) is 4.98 Å². The first-order chi connectivity index (χ1) is 10.9. The third-order valence-corrected chi connectivity index (χ3v) is 3.51. The lowest BCUT2D eigenvalue weighted by Gasteiger charge is -2.19. The first-order valence-electron chi connectivity index (χ1n) is 7.54.